The molecular formula is C13H18N2O2. The number of carbonyl (C=O) groups is 1. The minimum Gasteiger partial charge on any atom is -0.372 e. The topological polar surface area (TPSA) is 41.6 Å². The first-order valence-corrected chi connectivity index (χ1v) is 5.82. The molecule has 0 saturated carbocycles. The molecule has 0 radical (unpaired) electrons. The summed E-state index contributed by atoms with van der Waals surface area (Å²) in [6, 6.07) is 5.81. The summed E-state index contributed by atoms with van der Waals surface area (Å²) in [6.07, 6.45) is 0. The van der Waals surface area contributed by atoms with Crippen molar-refractivity contribution in [2.24, 2.45) is 0 Å². The van der Waals surface area contributed by atoms with Crippen molar-refractivity contribution < 1.29 is 9.53 Å². The van der Waals surface area contributed by atoms with Crippen LogP contribution in [0.5, 0.6) is 0 Å². The fourth-order valence-corrected chi connectivity index (χ4v) is 1.91. The molecule has 0 fully saturated rings. The molecular weight excluding hydrogens is 216 g/mol. The van der Waals surface area contributed by atoms with Crippen molar-refractivity contribution in [1.29, 1.82) is 0 Å². The summed E-state index contributed by atoms with van der Waals surface area (Å²) in [7, 11) is 3.70. The predicted octanol–water partition coefficient (Wildman–Crippen LogP) is 1.01. The van der Waals surface area contributed by atoms with Gasteiger partial charge in [-0.1, -0.05) is 6.07 Å². The number of hydrogen-bond acceptors (Lipinski definition) is 3. The zero-order valence-corrected chi connectivity index (χ0v) is 10.3. The zero-order chi connectivity index (χ0) is 12.3. The van der Waals surface area contributed by atoms with Crippen molar-refractivity contribution in [3.63, 3.8) is 0 Å². The van der Waals surface area contributed by atoms with Crippen LogP contribution in [0.1, 0.15) is 21.5 Å². The number of hydrogen-bond donors (Lipinski definition) is 1. The van der Waals surface area contributed by atoms with Crippen LogP contribution in [0, 0.1) is 0 Å². The van der Waals surface area contributed by atoms with Crippen molar-refractivity contribution >= 4 is 5.91 Å². The van der Waals surface area contributed by atoms with Gasteiger partial charge in [-0.2, -0.15) is 0 Å². The average Bonchev–Trinajstić information content (AvgIpc) is 2.81. The molecule has 0 bridgehead atoms. The maximum Gasteiger partial charge on any atom is 0.253 e. The average molecular weight is 234 g/mol. The third-order valence-corrected chi connectivity index (χ3v) is 3.01. The van der Waals surface area contributed by atoms with E-state index in [-0.39, 0.29) is 5.91 Å². The second-order valence-corrected chi connectivity index (χ2v) is 4.31. The van der Waals surface area contributed by atoms with Crippen LogP contribution in [0.3, 0.4) is 0 Å². The van der Waals surface area contributed by atoms with Gasteiger partial charge in [0.15, 0.2) is 0 Å². The Kier molecular flexibility index (Phi) is 3.76. The first-order valence-electron chi connectivity index (χ1n) is 5.82. The fourth-order valence-electron chi connectivity index (χ4n) is 1.91. The lowest BCUT2D eigenvalue weighted by Crippen LogP contribution is -2.32. The Morgan fingerprint density at radius 1 is 1.41 bits per heavy atom. The van der Waals surface area contributed by atoms with Crippen LogP contribution < -0.4 is 5.32 Å². The molecule has 2 rings (SSSR count). The summed E-state index contributed by atoms with van der Waals surface area (Å²) >= 11 is 0. The highest BCUT2D eigenvalue weighted by molar-refractivity contribution is 5.94. The molecule has 0 unspecified atom stereocenters. The van der Waals surface area contributed by atoms with Crippen LogP contribution in [0.25, 0.3) is 0 Å². The highest BCUT2D eigenvalue weighted by Crippen LogP contribution is 2.21. The zero-order valence-electron chi connectivity index (χ0n) is 10.3. The quantitative estimate of drug-likeness (QED) is 0.845. The summed E-state index contributed by atoms with van der Waals surface area (Å²) in [5.74, 6) is 0.0648. The van der Waals surface area contributed by atoms with E-state index in [1.54, 1.807) is 4.90 Å². The fraction of sp³-hybridized carbons (Fsp3) is 0.462. The number of ether oxygens (including phenoxy) is 1. The van der Waals surface area contributed by atoms with E-state index in [1.807, 2.05) is 32.3 Å². The number of carbonyl (C=O) groups excluding carboxylic acids is 1. The van der Waals surface area contributed by atoms with Crippen molar-refractivity contribution in [2.45, 2.75) is 13.2 Å². The predicted molar refractivity (Wildman–Crippen MR) is 65.8 cm³/mol. The summed E-state index contributed by atoms with van der Waals surface area (Å²) in [5, 5.41) is 3.03. The summed E-state index contributed by atoms with van der Waals surface area (Å²) in [6.45, 7) is 2.80. The second kappa shape index (κ2) is 5.29. The molecule has 0 spiro atoms. The van der Waals surface area contributed by atoms with Gasteiger partial charge in [0, 0.05) is 25.7 Å². The summed E-state index contributed by atoms with van der Waals surface area (Å²) in [5.41, 5.74) is 3.07. The van der Waals surface area contributed by atoms with E-state index in [0.717, 1.165) is 17.7 Å². The van der Waals surface area contributed by atoms with Gasteiger partial charge in [0.2, 0.25) is 0 Å². The van der Waals surface area contributed by atoms with Gasteiger partial charge in [-0.05, 0) is 30.3 Å². The standard InChI is InChI=1S/C13H18N2O2/c1-14-5-6-15(2)13(16)10-3-4-11-8-17-9-12(11)7-10/h3-4,7,14H,5-6,8-9H2,1-2H3. The number of nitrogens with zero attached hydrogens (tertiary/aromatic N) is 1. The third-order valence-electron chi connectivity index (χ3n) is 3.01. The molecule has 0 saturated heterocycles. The molecule has 0 aliphatic carbocycles. The van der Waals surface area contributed by atoms with Gasteiger partial charge in [-0.15, -0.1) is 0 Å². The smallest absolute Gasteiger partial charge is 0.253 e. The van der Waals surface area contributed by atoms with Gasteiger partial charge >= 0.3 is 0 Å². The van der Waals surface area contributed by atoms with E-state index in [4.69, 9.17) is 4.74 Å². The van der Waals surface area contributed by atoms with Crippen LogP contribution in [0.2, 0.25) is 0 Å². The highest BCUT2D eigenvalue weighted by atomic mass is 16.5. The lowest BCUT2D eigenvalue weighted by atomic mass is 10.1. The van der Waals surface area contributed by atoms with E-state index in [2.05, 4.69) is 5.32 Å². The van der Waals surface area contributed by atoms with E-state index < -0.39 is 0 Å². The monoisotopic (exact) mass is 234 g/mol. The van der Waals surface area contributed by atoms with E-state index >= 15 is 0 Å². The first-order chi connectivity index (χ1) is 8.22. The maximum atomic E-state index is 12.1. The third kappa shape index (κ3) is 2.65. The Morgan fingerprint density at radius 2 is 2.18 bits per heavy atom. The summed E-state index contributed by atoms with van der Waals surface area (Å²) < 4.78 is 5.34. The second-order valence-electron chi connectivity index (χ2n) is 4.31. The number of likely N-dealkylation sites (N-methyl/N-ethyl adjacent to an activating group) is 2. The Balaban J connectivity index is 2.09. The largest absolute Gasteiger partial charge is 0.372 e. The Labute approximate surface area is 102 Å². The molecule has 1 aliphatic rings. The van der Waals surface area contributed by atoms with E-state index in [0.29, 0.717) is 19.8 Å². The SMILES string of the molecule is CNCCN(C)C(=O)c1ccc2c(c1)COC2. The van der Waals surface area contributed by atoms with Crippen LogP contribution in [0.15, 0.2) is 18.2 Å². The maximum absolute atomic E-state index is 12.1. The van der Waals surface area contributed by atoms with Crippen molar-refractivity contribution in [2.75, 3.05) is 27.2 Å². The molecule has 4 heteroatoms. The molecule has 1 N–H and O–H groups in total. The van der Waals surface area contributed by atoms with Gasteiger partial charge < -0.3 is 15.0 Å². The molecule has 1 amide bonds. The molecule has 1 heterocycles. The molecule has 1 aliphatic heterocycles. The molecule has 17 heavy (non-hydrogen) atoms. The number of benzene rings is 1. The van der Waals surface area contributed by atoms with Crippen molar-refractivity contribution in [1.82, 2.24) is 10.2 Å². The van der Waals surface area contributed by atoms with E-state index in [9.17, 15) is 4.79 Å². The van der Waals surface area contributed by atoms with Gasteiger partial charge in [0.25, 0.3) is 5.91 Å². The highest BCUT2D eigenvalue weighted by Gasteiger charge is 2.16. The number of rotatable bonds is 4. The lowest BCUT2D eigenvalue weighted by Gasteiger charge is -2.17. The van der Waals surface area contributed by atoms with Crippen molar-refractivity contribution in [3.05, 3.63) is 34.9 Å². The van der Waals surface area contributed by atoms with Crippen molar-refractivity contribution in [3.8, 4) is 0 Å². The molecule has 0 aromatic heterocycles. The van der Waals surface area contributed by atoms with Crippen LogP contribution in [-0.4, -0.2) is 38.0 Å². The molecule has 92 valence electrons. The molecule has 0 atom stereocenters. The summed E-state index contributed by atoms with van der Waals surface area (Å²) in [4.78, 5) is 13.8. The number of nitrogens with one attached hydrogen (secondary N) is 1. The van der Waals surface area contributed by atoms with Gasteiger partial charge in [0.1, 0.15) is 0 Å². The Morgan fingerprint density at radius 3 is 2.94 bits per heavy atom. The van der Waals surface area contributed by atoms with E-state index in [1.165, 1.54) is 5.56 Å². The lowest BCUT2D eigenvalue weighted by molar-refractivity contribution is 0.0796. The van der Waals surface area contributed by atoms with Crippen LogP contribution >= 0.6 is 0 Å². The number of amides is 1. The minimum absolute atomic E-state index is 0.0648. The van der Waals surface area contributed by atoms with Crippen LogP contribution in [-0.2, 0) is 18.0 Å². The minimum atomic E-state index is 0.0648. The molecule has 4 nitrogen and oxygen atoms in total. The first kappa shape index (κ1) is 12.1. The molecule has 1 aromatic rings. The Bertz CT molecular complexity index is 418. The van der Waals surface area contributed by atoms with Gasteiger partial charge in [-0.3, -0.25) is 4.79 Å². The molecule has 1 aromatic carbocycles. The normalized spacial score (nSPS) is 13.5. The van der Waals surface area contributed by atoms with Crippen LogP contribution in [0.4, 0.5) is 0 Å². The Hall–Kier alpha value is -1.39. The number of fused-ring (bicyclic) bond motifs is 1. The van der Waals surface area contributed by atoms with Gasteiger partial charge in [-0.25, -0.2) is 0 Å². The van der Waals surface area contributed by atoms with Gasteiger partial charge in [0.05, 0.1) is 13.2 Å².